The summed E-state index contributed by atoms with van der Waals surface area (Å²) in [5, 5.41) is 3.49. The highest BCUT2D eigenvalue weighted by Gasteiger charge is 2.25. The molecule has 1 aliphatic rings. The van der Waals surface area contributed by atoms with Gasteiger partial charge < -0.3 is 14.6 Å². The Hall–Kier alpha value is -2.01. The van der Waals surface area contributed by atoms with E-state index in [4.69, 9.17) is 16.3 Å². The molecule has 3 rings (SSSR count). The molecule has 0 saturated heterocycles. The Morgan fingerprint density at radius 1 is 1.39 bits per heavy atom. The summed E-state index contributed by atoms with van der Waals surface area (Å²) in [7, 11) is 0. The fourth-order valence-corrected chi connectivity index (χ4v) is 3.04. The second-order valence-electron chi connectivity index (χ2n) is 6.93. The first kappa shape index (κ1) is 15.9. The SMILES string of the molecule is CC1Cn2cc(C(=O)NC(C)(C)C)c(=O)c3c(Cl)ccc(c32)O1. The molecule has 0 saturated carbocycles. The molecule has 122 valence electrons. The van der Waals surface area contributed by atoms with Crippen LogP contribution in [0.4, 0.5) is 0 Å². The van der Waals surface area contributed by atoms with Crippen LogP contribution in [-0.2, 0) is 6.54 Å². The van der Waals surface area contributed by atoms with Crippen molar-refractivity contribution in [3.63, 3.8) is 0 Å². The predicted molar refractivity (Wildman–Crippen MR) is 90.5 cm³/mol. The van der Waals surface area contributed by atoms with E-state index in [1.54, 1.807) is 18.3 Å². The molecule has 1 aromatic carbocycles. The van der Waals surface area contributed by atoms with Crippen LogP contribution < -0.4 is 15.5 Å². The fraction of sp³-hybridized carbons (Fsp3) is 0.412. The van der Waals surface area contributed by atoms with Crippen molar-refractivity contribution in [3.05, 3.63) is 39.1 Å². The minimum absolute atomic E-state index is 0.0482. The van der Waals surface area contributed by atoms with Gasteiger partial charge in [-0.1, -0.05) is 11.6 Å². The van der Waals surface area contributed by atoms with Crippen molar-refractivity contribution >= 4 is 28.4 Å². The maximum atomic E-state index is 12.8. The first-order valence-electron chi connectivity index (χ1n) is 7.52. The van der Waals surface area contributed by atoms with E-state index in [-0.39, 0.29) is 17.1 Å². The zero-order valence-corrected chi connectivity index (χ0v) is 14.3. The number of aromatic nitrogens is 1. The van der Waals surface area contributed by atoms with Crippen molar-refractivity contribution in [1.82, 2.24) is 9.88 Å². The zero-order chi connectivity index (χ0) is 16.9. The van der Waals surface area contributed by atoms with E-state index in [0.717, 1.165) is 0 Å². The average molecular weight is 335 g/mol. The highest BCUT2D eigenvalue weighted by Crippen LogP contribution is 2.33. The minimum Gasteiger partial charge on any atom is -0.487 e. The van der Waals surface area contributed by atoms with Gasteiger partial charge in [0.2, 0.25) is 5.43 Å². The number of carbonyl (C=O) groups excluding carboxylic acids is 1. The molecule has 1 amide bonds. The quantitative estimate of drug-likeness (QED) is 0.872. The third-order valence-electron chi connectivity index (χ3n) is 3.65. The lowest BCUT2D eigenvalue weighted by Gasteiger charge is -2.27. The highest BCUT2D eigenvalue weighted by atomic mass is 35.5. The van der Waals surface area contributed by atoms with Crippen molar-refractivity contribution in [2.75, 3.05) is 0 Å². The summed E-state index contributed by atoms with van der Waals surface area (Å²) in [6, 6.07) is 3.39. The van der Waals surface area contributed by atoms with Gasteiger partial charge in [0.15, 0.2) is 0 Å². The van der Waals surface area contributed by atoms with Crippen LogP contribution in [0.2, 0.25) is 5.02 Å². The van der Waals surface area contributed by atoms with Gasteiger partial charge in [0.25, 0.3) is 5.91 Å². The maximum Gasteiger partial charge on any atom is 0.257 e. The molecule has 1 aliphatic heterocycles. The minimum atomic E-state index is -0.428. The van der Waals surface area contributed by atoms with Crippen LogP contribution in [0.25, 0.3) is 10.9 Å². The number of hydrogen-bond donors (Lipinski definition) is 1. The molecule has 1 aromatic heterocycles. The van der Waals surface area contributed by atoms with E-state index in [1.807, 2.05) is 32.3 Å². The monoisotopic (exact) mass is 334 g/mol. The van der Waals surface area contributed by atoms with Gasteiger partial charge in [-0.15, -0.1) is 0 Å². The Morgan fingerprint density at radius 2 is 2.09 bits per heavy atom. The molecule has 0 radical (unpaired) electrons. The normalized spacial score (nSPS) is 17.0. The number of ether oxygens (including phenoxy) is 1. The van der Waals surface area contributed by atoms with Crippen LogP contribution in [0.15, 0.2) is 23.1 Å². The summed E-state index contributed by atoms with van der Waals surface area (Å²) in [4.78, 5) is 25.3. The largest absolute Gasteiger partial charge is 0.487 e. The molecule has 23 heavy (non-hydrogen) atoms. The fourth-order valence-electron chi connectivity index (χ4n) is 2.80. The van der Waals surface area contributed by atoms with Crippen LogP contribution in [0.3, 0.4) is 0 Å². The standard InChI is InChI=1S/C17H19ClN2O3/c1-9-7-20-8-10(16(22)19-17(2,3)4)15(21)13-11(18)5-6-12(23-9)14(13)20/h5-6,8-9H,7H2,1-4H3,(H,19,22). The van der Waals surface area contributed by atoms with Gasteiger partial charge in [0.1, 0.15) is 17.4 Å². The predicted octanol–water partition coefficient (Wildman–Crippen LogP) is 2.96. The Morgan fingerprint density at radius 3 is 2.74 bits per heavy atom. The molecule has 0 spiro atoms. The molecule has 1 atom stereocenters. The summed E-state index contributed by atoms with van der Waals surface area (Å²) in [5.74, 6) is 0.219. The summed E-state index contributed by atoms with van der Waals surface area (Å²) in [5.41, 5.74) is -0.0564. The van der Waals surface area contributed by atoms with Crippen LogP contribution in [-0.4, -0.2) is 22.1 Å². The van der Waals surface area contributed by atoms with Gasteiger partial charge in [-0.2, -0.15) is 0 Å². The smallest absolute Gasteiger partial charge is 0.257 e. The molecule has 2 aromatic rings. The van der Waals surface area contributed by atoms with E-state index in [2.05, 4.69) is 5.32 Å². The van der Waals surface area contributed by atoms with Gasteiger partial charge >= 0.3 is 0 Å². The van der Waals surface area contributed by atoms with E-state index in [9.17, 15) is 9.59 Å². The molecule has 0 bridgehead atoms. The lowest BCUT2D eigenvalue weighted by atomic mass is 10.1. The maximum absolute atomic E-state index is 12.8. The van der Waals surface area contributed by atoms with Crippen molar-refractivity contribution < 1.29 is 9.53 Å². The third-order valence-corrected chi connectivity index (χ3v) is 3.96. The first-order chi connectivity index (χ1) is 10.7. The molecule has 6 heteroatoms. The third kappa shape index (κ3) is 2.81. The van der Waals surface area contributed by atoms with E-state index in [1.165, 1.54) is 0 Å². The Kier molecular flexibility index (Phi) is 3.64. The van der Waals surface area contributed by atoms with E-state index < -0.39 is 11.4 Å². The summed E-state index contributed by atoms with van der Waals surface area (Å²) in [6.45, 7) is 8.11. The Balaban J connectivity index is 2.27. The Bertz CT molecular complexity index is 865. The number of amides is 1. The molecule has 0 fully saturated rings. The van der Waals surface area contributed by atoms with Crippen molar-refractivity contribution in [1.29, 1.82) is 0 Å². The lowest BCUT2D eigenvalue weighted by molar-refractivity contribution is 0.0917. The van der Waals surface area contributed by atoms with Crippen molar-refractivity contribution in [2.24, 2.45) is 0 Å². The summed E-state index contributed by atoms with van der Waals surface area (Å²) < 4.78 is 7.65. The van der Waals surface area contributed by atoms with Crippen LogP contribution >= 0.6 is 11.6 Å². The van der Waals surface area contributed by atoms with Crippen LogP contribution in [0, 0.1) is 0 Å². The van der Waals surface area contributed by atoms with Crippen molar-refractivity contribution in [2.45, 2.75) is 45.9 Å². The van der Waals surface area contributed by atoms with Gasteiger partial charge in [-0.25, -0.2) is 0 Å². The van der Waals surface area contributed by atoms with Crippen LogP contribution in [0.5, 0.6) is 5.75 Å². The van der Waals surface area contributed by atoms with Gasteiger partial charge in [0, 0.05) is 11.7 Å². The number of halogens is 1. The molecule has 1 N–H and O–H groups in total. The Labute approximate surface area is 139 Å². The molecule has 0 aliphatic carbocycles. The molecule has 2 heterocycles. The van der Waals surface area contributed by atoms with Gasteiger partial charge in [-0.3, -0.25) is 9.59 Å². The highest BCUT2D eigenvalue weighted by molar-refractivity contribution is 6.35. The second kappa shape index (κ2) is 5.27. The number of benzene rings is 1. The number of rotatable bonds is 1. The van der Waals surface area contributed by atoms with Crippen molar-refractivity contribution in [3.8, 4) is 5.75 Å². The topological polar surface area (TPSA) is 60.3 Å². The lowest BCUT2D eigenvalue weighted by Crippen LogP contribution is -2.42. The summed E-state index contributed by atoms with van der Waals surface area (Å²) in [6.07, 6.45) is 1.55. The summed E-state index contributed by atoms with van der Waals surface area (Å²) >= 11 is 6.23. The van der Waals surface area contributed by atoms with Gasteiger partial charge in [0.05, 0.1) is 22.5 Å². The molecule has 5 nitrogen and oxygen atoms in total. The number of hydrogen-bond acceptors (Lipinski definition) is 3. The molecular weight excluding hydrogens is 316 g/mol. The number of pyridine rings is 1. The number of nitrogens with zero attached hydrogens (tertiary/aromatic N) is 1. The van der Waals surface area contributed by atoms with Crippen LogP contribution in [0.1, 0.15) is 38.1 Å². The number of nitrogens with one attached hydrogen (secondary N) is 1. The molecular formula is C17H19ClN2O3. The zero-order valence-electron chi connectivity index (χ0n) is 13.6. The van der Waals surface area contributed by atoms with E-state index >= 15 is 0 Å². The number of carbonyl (C=O) groups is 1. The average Bonchev–Trinajstić information content (AvgIpc) is 2.41. The van der Waals surface area contributed by atoms with E-state index in [0.29, 0.717) is 28.2 Å². The first-order valence-corrected chi connectivity index (χ1v) is 7.90. The second-order valence-corrected chi connectivity index (χ2v) is 7.33. The van der Waals surface area contributed by atoms with Gasteiger partial charge in [-0.05, 0) is 39.8 Å². The molecule has 1 unspecified atom stereocenters.